The average molecular weight is 274 g/mol. The van der Waals surface area contributed by atoms with Crippen LogP contribution in [0, 0.1) is 12.8 Å². The lowest BCUT2D eigenvalue weighted by Gasteiger charge is -2.33. The van der Waals surface area contributed by atoms with Crippen LogP contribution in [0.25, 0.3) is 0 Å². The third-order valence-electron chi connectivity index (χ3n) is 3.98. The monoisotopic (exact) mass is 274 g/mol. The van der Waals surface area contributed by atoms with Gasteiger partial charge in [-0.25, -0.2) is 0 Å². The fraction of sp³-hybridized carbons (Fsp3) is 0.588. The van der Waals surface area contributed by atoms with Crippen molar-refractivity contribution in [1.29, 1.82) is 0 Å². The van der Waals surface area contributed by atoms with E-state index >= 15 is 0 Å². The van der Waals surface area contributed by atoms with E-state index in [4.69, 9.17) is 0 Å². The summed E-state index contributed by atoms with van der Waals surface area (Å²) >= 11 is 0. The van der Waals surface area contributed by atoms with Gasteiger partial charge in [0.2, 0.25) is 5.91 Å². The number of carbonyl (C=O) groups is 1. The number of hydrogen-bond acceptors (Lipinski definition) is 2. The van der Waals surface area contributed by atoms with Crippen molar-refractivity contribution >= 4 is 5.91 Å². The van der Waals surface area contributed by atoms with Crippen LogP contribution < -0.4 is 5.32 Å². The van der Waals surface area contributed by atoms with E-state index < -0.39 is 0 Å². The number of amides is 1. The summed E-state index contributed by atoms with van der Waals surface area (Å²) in [6, 6.07) is 9.16. The molecule has 0 bridgehead atoms. The van der Waals surface area contributed by atoms with Gasteiger partial charge in [0.25, 0.3) is 0 Å². The number of rotatable bonds is 4. The van der Waals surface area contributed by atoms with E-state index in [0.717, 1.165) is 32.5 Å². The summed E-state index contributed by atoms with van der Waals surface area (Å²) in [6.07, 6.45) is 2.12. The number of nitrogens with one attached hydrogen (secondary N) is 1. The summed E-state index contributed by atoms with van der Waals surface area (Å²) in [5.74, 6) is 0.411. The molecule has 2 rings (SSSR count). The molecule has 1 heterocycles. The van der Waals surface area contributed by atoms with Crippen LogP contribution in [0.3, 0.4) is 0 Å². The molecule has 0 aliphatic carbocycles. The number of likely N-dealkylation sites (tertiary alicyclic amines) is 1. The van der Waals surface area contributed by atoms with Crippen LogP contribution in [0.1, 0.15) is 37.8 Å². The van der Waals surface area contributed by atoms with E-state index in [2.05, 4.69) is 36.5 Å². The summed E-state index contributed by atoms with van der Waals surface area (Å²) in [5, 5.41) is 3.62. The molecule has 0 atom stereocenters. The second kappa shape index (κ2) is 6.89. The van der Waals surface area contributed by atoms with Crippen LogP contribution in [-0.4, -0.2) is 29.9 Å². The number of aryl methyl sites for hydroxylation is 1. The van der Waals surface area contributed by atoms with Crippen molar-refractivity contribution in [3.05, 3.63) is 35.4 Å². The third kappa shape index (κ3) is 4.07. The van der Waals surface area contributed by atoms with Crippen LogP contribution in [-0.2, 0) is 11.3 Å². The molecule has 1 aliphatic rings. The molecule has 3 nitrogen and oxygen atoms in total. The maximum atomic E-state index is 11.9. The van der Waals surface area contributed by atoms with E-state index in [1.807, 2.05) is 18.7 Å². The Morgan fingerprint density at radius 2 is 2.05 bits per heavy atom. The molecule has 20 heavy (non-hydrogen) atoms. The summed E-state index contributed by atoms with van der Waals surface area (Å²) < 4.78 is 0. The topological polar surface area (TPSA) is 32.3 Å². The highest BCUT2D eigenvalue weighted by Gasteiger charge is 2.23. The molecular weight excluding hydrogens is 248 g/mol. The molecule has 3 heteroatoms. The molecule has 1 aromatic carbocycles. The minimum Gasteiger partial charge on any atom is -0.342 e. The van der Waals surface area contributed by atoms with E-state index in [1.165, 1.54) is 11.1 Å². The fourth-order valence-corrected chi connectivity index (χ4v) is 2.75. The van der Waals surface area contributed by atoms with Crippen molar-refractivity contribution in [2.24, 2.45) is 5.92 Å². The van der Waals surface area contributed by atoms with Crippen molar-refractivity contribution in [2.45, 2.75) is 46.2 Å². The number of piperidine rings is 1. The predicted octanol–water partition coefficient (Wildman–Crippen LogP) is 2.73. The summed E-state index contributed by atoms with van der Waals surface area (Å²) in [4.78, 5) is 13.9. The second-order valence-electron chi connectivity index (χ2n) is 6.12. The lowest BCUT2D eigenvalue weighted by Crippen LogP contribution is -2.45. The molecule has 1 N–H and O–H groups in total. The summed E-state index contributed by atoms with van der Waals surface area (Å²) in [7, 11) is 0. The normalized spacial score (nSPS) is 16.7. The van der Waals surface area contributed by atoms with Gasteiger partial charge in [-0.05, 0) is 25.3 Å². The van der Waals surface area contributed by atoms with Gasteiger partial charge in [0.05, 0.1) is 0 Å². The van der Waals surface area contributed by atoms with Crippen LogP contribution >= 0.6 is 0 Å². The Bertz CT molecular complexity index is 448. The van der Waals surface area contributed by atoms with Gasteiger partial charge in [-0.3, -0.25) is 4.79 Å². The Morgan fingerprint density at radius 3 is 2.65 bits per heavy atom. The second-order valence-corrected chi connectivity index (χ2v) is 6.12. The first-order valence-corrected chi connectivity index (χ1v) is 7.64. The minimum absolute atomic E-state index is 0.117. The molecule has 0 saturated carbocycles. The van der Waals surface area contributed by atoms with Crippen molar-refractivity contribution < 1.29 is 4.79 Å². The molecule has 0 spiro atoms. The van der Waals surface area contributed by atoms with E-state index in [9.17, 15) is 4.79 Å². The number of hydrogen-bond donors (Lipinski definition) is 1. The standard InChI is InChI=1S/C17H26N2O/c1-13(2)17(20)19-9-7-16(8-10-19)18-12-15-6-4-5-14(3)11-15/h4-6,11,13,16,18H,7-10,12H2,1-3H3. The molecule has 0 radical (unpaired) electrons. The van der Waals surface area contributed by atoms with Gasteiger partial charge < -0.3 is 10.2 Å². The average Bonchev–Trinajstić information content (AvgIpc) is 2.45. The van der Waals surface area contributed by atoms with Gasteiger partial charge in [0.1, 0.15) is 0 Å². The van der Waals surface area contributed by atoms with Crippen molar-refractivity contribution in [3.8, 4) is 0 Å². The highest BCUT2D eigenvalue weighted by molar-refractivity contribution is 5.78. The Labute approximate surface area is 122 Å². The third-order valence-corrected chi connectivity index (χ3v) is 3.98. The zero-order valence-electron chi connectivity index (χ0n) is 12.9. The van der Waals surface area contributed by atoms with Crippen LogP contribution in [0.5, 0.6) is 0 Å². The molecule has 1 aliphatic heterocycles. The fourth-order valence-electron chi connectivity index (χ4n) is 2.75. The molecule has 1 saturated heterocycles. The van der Waals surface area contributed by atoms with Gasteiger partial charge in [0, 0.05) is 31.6 Å². The predicted molar refractivity (Wildman–Crippen MR) is 82.5 cm³/mol. The molecule has 0 unspecified atom stereocenters. The van der Waals surface area contributed by atoms with Crippen molar-refractivity contribution in [3.63, 3.8) is 0 Å². The van der Waals surface area contributed by atoms with Gasteiger partial charge >= 0.3 is 0 Å². The molecule has 0 aromatic heterocycles. The Kier molecular flexibility index (Phi) is 5.18. The maximum absolute atomic E-state index is 11.9. The smallest absolute Gasteiger partial charge is 0.225 e. The van der Waals surface area contributed by atoms with Crippen LogP contribution in [0.15, 0.2) is 24.3 Å². The molecule has 1 amide bonds. The number of carbonyl (C=O) groups excluding carboxylic acids is 1. The van der Waals surface area contributed by atoms with Gasteiger partial charge in [-0.15, -0.1) is 0 Å². The SMILES string of the molecule is Cc1cccc(CNC2CCN(C(=O)C(C)C)CC2)c1. The zero-order chi connectivity index (χ0) is 14.5. The first-order chi connectivity index (χ1) is 9.56. The Balaban J connectivity index is 1.76. The van der Waals surface area contributed by atoms with Crippen molar-refractivity contribution in [1.82, 2.24) is 10.2 Å². The lowest BCUT2D eigenvalue weighted by atomic mass is 10.0. The molecule has 1 fully saturated rings. The summed E-state index contributed by atoms with van der Waals surface area (Å²) in [5.41, 5.74) is 2.65. The zero-order valence-corrected chi connectivity index (χ0v) is 12.9. The molecule has 110 valence electrons. The Hall–Kier alpha value is -1.35. The lowest BCUT2D eigenvalue weighted by molar-refractivity contribution is -0.135. The molecule has 1 aromatic rings. The van der Waals surface area contributed by atoms with Gasteiger partial charge in [0.15, 0.2) is 0 Å². The Morgan fingerprint density at radius 1 is 1.35 bits per heavy atom. The molecular formula is C17H26N2O. The van der Waals surface area contributed by atoms with Gasteiger partial charge in [-0.2, -0.15) is 0 Å². The van der Waals surface area contributed by atoms with Crippen LogP contribution in [0.4, 0.5) is 0 Å². The first-order valence-electron chi connectivity index (χ1n) is 7.64. The summed E-state index contributed by atoms with van der Waals surface area (Å²) in [6.45, 7) is 8.78. The number of benzene rings is 1. The largest absolute Gasteiger partial charge is 0.342 e. The maximum Gasteiger partial charge on any atom is 0.225 e. The highest BCUT2D eigenvalue weighted by atomic mass is 16.2. The van der Waals surface area contributed by atoms with E-state index in [0.29, 0.717) is 11.9 Å². The highest BCUT2D eigenvalue weighted by Crippen LogP contribution is 2.14. The van der Waals surface area contributed by atoms with Crippen molar-refractivity contribution in [2.75, 3.05) is 13.1 Å². The van der Waals surface area contributed by atoms with Crippen LogP contribution in [0.2, 0.25) is 0 Å². The first kappa shape index (κ1) is 15.0. The number of nitrogens with zero attached hydrogens (tertiary/aromatic N) is 1. The van der Waals surface area contributed by atoms with E-state index in [1.54, 1.807) is 0 Å². The van der Waals surface area contributed by atoms with Gasteiger partial charge in [-0.1, -0.05) is 43.7 Å². The van der Waals surface area contributed by atoms with E-state index in [-0.39, 0.29) is 5.92 Å². The minimum atomic E-state index is 0.117. The quantitative estimate of drug-likeness (QED) is 0.915.